The van der Waals surface area contributed by atoms with E-state index in [1.165, 1.54) is 0 Å². The summed E-state index contributed by atoms with van der Waals surface area (Å²) in [7, 11) is 0. The second-order valence-corrected chi connectivity index (χ2v) is 4.77. The Morgan fingerprint density at radius 1 is 1.22 bits per heavy atom. The summed E-state index contributed by atoms with van der Waals surface area (Å²) in [5.74, 6) is 0.693. The van der Waals surface area contributed by atoms with Gasteiger partial charge in [-0.05, 0) is 19.9 Å². The second kappa shape index (κ2) is 8.06. The highest BCUT2D eigenvalue weighted by Gasteiger charge is 2.05. The number of pyridine rings is 1. The molecule has 4 nitrogen and oxygen atoms in total. The molecule has 0 unspecified atom stereocenters. The predicted molar refractivity (Wildman–Crippen MR) is 72.8 cm³/mol. The van der Waals surface area contributed by atoms with Crippen LogP contribution in [0.15, 0.2) is 18.3 Å². The molecular formula is C14H24N2O2. The van der Waals surface area contributed by atoms with Gasteiger partial charge in [0, 0.05) is 24.3 Å². The fraction of sp³-hybridized carbons (Fsp3) is 0.643. The van der Waals surface area contributed by atoms with Gasteiger partial charge < -0.3 is 14.8 Å². The second-order valence-electron chi connectivity index (χ2n) is 4.77. The first-order chi connectivity index (χ1) is 8.59. The molecule has 0 aliphatic rings. The third-order valence-corrected chi connectivity index (χ3v) is 2.32. The van der Waals surface area contributed by atoms with Crippen LogP contribution in [-0.2, 0) is 11.3 Å². The smallest absolute Gasteiger partial charge is 0.217 e. The highest BCUT2D eigenvalue weighted by Crippen LogP contribution is 2.14. The quantitative estimate of drug-likeness (QED) is 0.721. The van der Waals surface area contributed by atoms with E-state index in [1.54, 1.807) is 6.20 Å². The molecule has 0 radical (unpaired) electrons. The van der Waals surface area contributed by atoms with E-state index >= 15 is 0 Å². The Balaban J connectivity index is 2.43. The first-order valence-electron chi connectivity index (χ1n) is 6.51. The Morgan fingerprint density at radius 2 is 2.00 bits per heavy atom. The van der Waals surface area contributed by atoms with Crippen molar-refractivity contribution in [3.8, 4) is 5.88 Å². The van der Waals surface area contributed by atoms with E-state index in [9.17, 15) is 0 Å². The van der Waals surface area contributed by atoms with Crippen molar-refractivity contribution in [2.24, 2.45) is 0 Å². The minimum Gasteiger partial charge on any atom is -0.475 e. The molecule has 0 amide bonds. The van der Waals surface area contributed by atoms with E-state index in [-0.39, 0.29) is 6.10 Å². The van der Waals surface area contributed by atoms with Crippen LogP contribution in [0.1, 0.15) is 33.3 Å². The fourth-order valence-electron chi connectivity index (χ4n) is 1.42. The summed E-state index contributed by atoms with van der Waals surface area (Å²) in [5.41, 5.74) is 1.08. The largest absolute Gasteiger partial charge is 0.475 e. The minimum absolute atomic E-state index is 0.236. The third kappa shape index (κ3) is 5.98. The molecule has 0 aromatic carbocycles. The van der Waals surface area contributed by atoms with Crippen molar-refractivity contribution >= 4 is 0 Å². The van der Waals surface area contributed by atoms with Crippen molar-refractivity contribution in [1.29, 1.82) is 0 Å². The van der Waals surface area contributed by atoms with Crippen LogP contribution in [0.25, 0.3) is 0 Å². The van der Waals surface area contributed by atoms with Crippen molar-refractivity contribution in [3.05, 3.63) is 23.9 Å². The SMILES string of the molecule is CC(C)NCc1cccnc1OCCOC(C)C. The molecule has 0 spiro atoms. The summed E-state index contributed by atoms with van der Waals surface area (Å²) in [4.78, 5) is 4.26. The van der Waals surface area contributed by atoms with Gasteiger partial charge >= 0.3 is 0 Å². The summed E-state index contributed by atoms with van der Waals surface area (Å²) in [6.07, 6.45) is 1.98. The first kappa shape index (κ1) is 14.9. The zero-order valence-electron chi connectivity index (χ0n) is 11.8. The molecule has 0 saturated carbocycles. The van der Waals surface area contributed by atoms with Crippen molar-refractivity contribution in [3.63, 3.8) is 0 Å². The lowest BCUT2D eigenvalue weighted by Gasteiger charge is -2.13. The maximum Gasteiger partial charge on any atom is 0.217 e. The normalized spacial score (nSPS) is 11.2. The molecule has 18 heavy (non-hydrogen) atoms. The minimum atomic E-state index is 0.236. The third-order valence-electron chi connectivity index (χ3n) is 2.32. The Morgan fingerprint density at radius 3 is 2.67 bits per heavy atom. The number of nitrogens with one attached hydrogen (secondary N) is 1. The molecule has 1 aromatic heterocycles. The molecule has 0 aliphatic heterocycles. The molecule has 102 valence electrons. The van der Waals surface area contributed by atoms with Crippen LogP contribution in [0, 0.1) is 0 Å². The predicted octanol–water partition coefficient (Wildman–Crippen LogP) is 2.38. The Labute approximate surface area is 110 Å². The molecule has 0 aliphatic carbocycles. The monoisotopic (exact) mass is 252 g/mol. The highest BCUT2D eigenvalue weighted by molar-refractivity contribution is 5.25. The number of nitrogens with zero attached hydrogens (tertiary/aromatic N) is 1. The summed E-state index contributed by atoms with van der Waals surface area (Å²) in [5, 5.41) is 3.36. The first-order valence-corrected chi connectivity index (χ1v) is 6.51. The van der Waals surface area contributed by atoms with Gasteiger partial charge in [0.15, 0.2) is 0 Å². The van der Waals surface area contributed by atoms with E-state index in [1.807, 2.05) is 26.0 Å². The highest BCUT2D eigenvalue weighted by atomic mass is 16.5. The van der Waals surface area contributed by atoms with Gasteiger partial charge in [-0.2, -0.15) is 0 Å². The summed E-state index contributed by atoms with van der Waals surface area (Å²) >= 11 is 0. The van der Waals surface area contributed by atoms with Crippen molar-refractivity contribution in [2.75, 3.05) is 13.2 Å². The van der Waals surface area contributed by atoms with Gasteiger partial charge in [0.1, 0.15) is 6.61 Å². The number of aromatic nitrogens is 1. The molecule has 1 aromatic rings. The van der Waals surface area contributed by atoms with Gasteiger partial charge in [0.25, 0.3) is 0 Å². The van der Waals surface area contributed by atoms with Crippen LogP contribution in [0.2, 0.25) is 0 Å². The maximum absolute atomic E-state index is 5.64. The fourth-order valence-corrected chi connectivity index (χ4v) is 1.42. The molecule has 0 saturated heterocycles. The average molecular weight is 252 g/mol. The van der Waals surface area contributed by atoms with E-state index < -0.39 is 0 Å². The van der Waals surface area contributed by atoms with Gasteiger partial charge in [-0.3, -0.25) is 0 Å². The maximum atomic E-state index is 5.64. The number of ether oxygens (including phenoxy) is 2. The summed E-state index contributed by atoms with van der Waals surface area (Å²) in [6, 6.07) is 4.40. The lowest BCUT2D eigenvalue weighted by atomic mass is 10.2. The Bertz CT molecular complexity index is 340. The van der Waals surface area contributed by atoms with Crippen LogP contribution in [0.3, 0.4) is 0 Å². The molecule has 0 bridgehead atoms. The number of hydrogen-bond acceptors (Lipinski definition) is 4. The van der Waals surface area contributed by atoms with Crippen molar-refractivity contribution in [1.82, 2.24) is 10.3 Å². The zero-order chi connectivity index (χ0) is 13.4. The van der Waals surface area contributed by atoms with Crippen LogP contribution >= 0.6 is 0 Å². The number of rotatable bonds is 8. The van der Waals surface area contributed by atoms with Gasteiger partial charge in [0.05, 0.1) is 12.7 Å². The van der Waals surface area contributed by atoms with Crippen LogP contribution in [0.5, 0.6) is 5.88 Å². The summed E-state index contributed by atoms with van der Waals surface area (Å²) in [6.45, 7) is 10.2. The van der Waals surface area contributed by atoms with Crippen LogP contribution in [0.4, 0.5) is 0 Å². The van der Waals surface area contributed by atoms with E-state index in [2.05, 4.69) is 24.1 Å². The molecule has 4 heteroatoms. The van der Waals surface area contributed by atoms with Gasteiger partial charge in [0.2, 0.25) is 5.88 Å². The Hall–Kier alpha value is -1.13. The molecule has 0 fully saturated rings. The lowest BCUT2D eigenvalue weighted by molar-refractivity contribution is 0.0540. The molecule has 1 N–H and O–H groups in total. The zero-order valence-corrected chi connectivity index (χ0v) is 11.8. The van der Waals surface area contributed by atoms with Gasteiger partial charge in [-0.25, -0.2) is 4.98 Å². The van der Waals surface area contributed by atoms with Crippen molar-refractivity contribution in [2.45, 2.75) is 46.4 Å². The molecular weight excluding hydrogens is 228 g/mol. The molecule has 0 atom stereocenters. The molecule has 1 heterocycles. The van der Waals surface area contributed by atoms with Crippen molar-refractivity contribution < 1.29 is 9.47 Å². The van der Waals surface area contributed by atoms with Crippen LogP contribution in [-0.4, -0.2) is 30.3 Å². The van der Waals surface area contributed by atoms with Gasteiger partial charge in [-0.1, -0.05) is 19.9 Å². The lowest BCUT2D eigenvalue weighted by Crippen LogP contribution is -2.22. The standard InChI is InChI=1S/C14H24N2O2/c1-11(2)16-10-13-6-5-7-15-14(13)18-9-8-17-12(3)4/h5-7,11-12,16H,8-10H2,1-4H3. The number of hydrogen-bond donors (Lipinski definition) is 1. The van der Waals surface area contributed by atoms with E-state index in [4.69, 9.17) is 9.47 Å². The van der Waals surface area contributed by atoms with E-state index in [0.29, 0.717) is 25.1 Å². The van der Waals surface area contributed by atoms with E-state index in [0.717, 1.165) is 12.1 Å². The van der Waals surface area contributed by atoms with Crippen LogP contribution < -0.4 is 10.1 Å². The van der Waals surface area contributed by atoms with Gasteiger partial charge in [-0.15, -0.1) is 0 Å². The average Bonchev–Trinajstić information content (AvgIpc) is 2.33. The summed E-state index contributed by atoms with van der Waals surface area (Å²) < 4.78 is 11.1. The Kier molecular flexibility index (Phi) is 6.68. The molecule has 1 rings (SSSR count). The topological polar surface area (TPSA) is 43.4 Å².